The number of benzene rings is 1. The number of likely N-dealkylation sites (tertiary alicyclic amines) is 1. The molecule has 1 amide bonds. The Labute approximate surface area is 144 Å². The summed E-state index contributed by atoms with van der Waals surface area (Å²) in [5.74, 6) is 0.858. The summed E-state index contributed by atoms with van der Waals surface area (Å²) in [6, 6.07) is 9.61. The lowest BCUT2D eigenvalue weighted by molar-refractivity contribution is 0.0934. The van der Waals surface area contributed by atoms with Crippen LogP contribution in [0.5, 0.6) is 0 Å². The molecular weight excluding hydrogens is 322 g/mol. The van der Waals surface area contributed by atoms with Crippen molar-refractivity contribution in [3.63, 3.8) is 0 Å². The highest BCUT2D eigenvalue weighted by Crippen LogP contribution is 2.25. The Hall–Kier alpha value is -2.18. The summed E-state index contributed by atoms with van der Waals surface area (Å²) in [7, 11) is 0. The van der Waals surface area contributed by atoms with Crippen molar-refractivity contribution in [3.8, 4) is 0 Å². The van der Waals surface area contributed by atoms with Crippen molar-refractivity contribution >= 4 is 27.5 Å². The van der Waals surface area contributed by atoms with E-state index >= 15 is 0 Å². The van der Waals surface area contributed by atoms with Gasteiger partial charge in [0.15, 0.2) is 0 Å². The summed E-state index contributed by atoms with van der Waals surface area (Å²) in [6.45, 7) is 2.65. The molecule has 0 unspecified atom stereocenters. The molecule has 5 nitrogen and oxygen atoms in total. The number of carbonyl (C=O) groups excluding carboxylic acids is 1. The quantitative estimate of drug-likeness (QED) is 0.772. The van der Waals surface area contributed by atoms with Gasteiger partial charge in [-0.25, -0.2) is 4.98 Å². The maximum atomic E-state index is 12.5. The van der Waals surface area contributed by atoms with Crippen molar-refractivity contribution in [2.24, 2.45) is 0 Å². The number of hydrogen-bond acceptors (Lipinski definition) is 5. The molecule has 1 fully saturated rings. The average Bonchev–Trinajstić information content (AvgIpc) is 3.36. The summed E-state index contributed by atoms with van der Waals surface area (Å²) in [6.07, 6.45) is 4.10. The van der Waals surface area contributed by atoms with Crippen LogP contribution in [-0.4, -0.2) is 35.4 Å². The number of nitrogens with zero attached hydrogens (tertiary/aromatic N) is 2. The van der Waals surface area contributed by atoms with Gasteiger partial charge in [-0.1, -0.05) is 0 Å². The summed E-state index contributed by atoms with van der Waals surface area (Å²) >= 11 is 1.55. The van der Waals surface area contributed by atoms with Gasteiger partial charge in [0.2, 0.25) is 0 Å². The number of fused-ring (bicyclic) bond motifs is 1. The van der Waals surface area contributed by atoms with Crippen LogP contribution in [0.15, 0.2) is 46.5 Å². The zero-order valence-corrected chi connectivity index (χ0v) is 14.1. The average molecular weight is 341 g/mol. The van der Waals surface area contributed by atoms with Crippen LogP contribution < -0.4 is 5.32 Å². The van der Waals surface area contributed by atoms with E-state index in [0.717, 1.165) is 29.1 Å². The van der Waals surface area contributed by atoms with Crippen LogP contribution in [0.25, 0.3) is 10.2 Å². The Morgan fingerprint density at radius 3 is 3.00 bits per heavy atom. The largest absolute Gasteiger partial charge is 0.468 e. The Morgan fingerprint density at radius 1 is 1.33 bits per heavy atom. The standard InChI is InChI=1S/C18H19N3O2S/c22-18(13-5-6-14-17(10-13)24-12-20-14)19-11-15(16-4-3-9-23-16)21-7-1-2-8-21/h3-6,9-10,12,15H,1-2,7-8,11H2,(H,19,22)/t15-/m1/s1. The van der Waals surface area contributed by atoms with Gasteiger partial charge in [0.25, 0.3) is 5.91 Å². The lowest BCUT2D eigenvalue weighted by atomic mass is 10.1. The molecule has 4 rings (SSSR count). The van der Waals surface area contributed by atoms with Crippen molar-refractivity contribution in [1.29, 1.82) is 0 Å². The van der Waals surface area contributed by atoms with Crippen LogP contribution in [0.2, 0.25) is 0 Å². The van der Waals surface area contributed by atoms with Crippen LogP contribution in [0, 0.1) is 0 Å². The highest BCUT2D eigenvalue weighted by Gasteiger charge is 2.26. The zero-order chi connectivity index (χ0) is 16.4. The van der Waals surface area contributed by atoms with Crippen LogP contribution >= 0.6 is 11.3 Å². The fourth-order valence-electron chi connectivity index (χ4n) is 3.23. The van der Waals surface area contributed by atoms with Gasteiger partial charge in [-0.05, 0) is 56.3 Å². The molecule has 1 atom stereocenters. The van der Waals surface area contributed by atoms with E-state index in [9.17, 15) is 4.79 Å². The number of rotatable bonds is 5. The molecule has 0 bridgehead atoms. The van der Waals surface area contributed by atoms with Gasteiger partial charge in [0.1, 0.15) is 5.76 Å². The molecule has 1 aromatic carbocycles. The first kappa shape index (κ1) is 15.4. The van der Waals surface area contributed by atoms with Gasteiger partial charge in [-0.2, -0.15) is 0 Å². The second kappa shape index (κ2) is 6.75. The summed E-state index contributed by atoms with van der Waals surface area (Å²) in [5.41, 5.74) is 3.40. The third-order valence-electron chi connectivity index (χ3n) is 4.50. The fourth-order valence-corrected chi connectivity index (χ4v) is 3.95. The second-order valence-corrected chi connectivity index (χ2v) is 6.91. The lowest BCUT2D eigenvalue weighted by Crippen LogP contribution is -2.36. The highest BCUT2D eigenvalue weighted by molar-refractivity contribution is 7.16. The topological polar surface area (TPSA) is 58.4 Å². The lowest BCUT2D eigenvalue weighted by Gasteiger charge is -2.26. The Kier molecular flexibility index (Phi) is 4.32. The molecule has 2 aromatic heterocycles. The highest BCUT2D eigenvalue weighted by atomic mass is 32.1. The van der Waals surface area contributed by atoms with Crippen molar-refractivity contribution in [1.82, 2.24) is 15.2 Å². The van der Waals surface area contributed by atoms with Crippen molar-refractivity contribution < 1.29 is 9.21 Å². The molecule has 1 N–H and O–H groups in total. The molecule has 124 valence electrons. The summed E-state index contributed by atoms with van der Waals surface area (Å²) < 4.78 is 6.63. The predicted octanol–water partition coefficient (Wildman–Crippen LogP) is 3.46. The van der Waals surface area contributed by atoms with Crippen molar-refractivity contribution in [3.05, 3.63) is 53.4 Å². The van der Waals surface area contributed by atoms with Crippen molar-refractivity contribution in [2.75, 3.05) is 19.6 Å². The minimum atomic E-state index is -0.0546. The van der Waals surface area contributed by atoms with Crippen molar-refractivity contribution in [2.45, 2.75) is 18.9 Å². The predicted molar refractivity (Wildman–Crippen MR) is 94.2 cm³/mol. The zero-order valence-electron chi connectivity index (χ0n) is 13.3. The van der Waals surface area contributed by atoms with Gasteiger partial charge in [0.05, 0.1) is 28.0 Å². The normalized spacial score (nSPS) is 16.5. The first-order valence-electron chi connectivity index (χ1n) is 8.20. The molecule has 24 heavy (non-hydrogen) atoms. The summed E-state index contributed by atoms with van der Waals surface area (Å²) in [5, 5.41) is 3.06. The molecule has 3 aromatic rings. The van der Waals surface area contributed by atoms with E-state index in [1.165, 1.54) is 12.8 Å². The smallest absolute Gasteiger partial charge is 0.251 e. The number of thiazole rings is 1. The monoisotopic (exact) mass is 341 g/mol. The molecule has 0 saturated carbocycles. The number of hydrogen-bond donors (Lipinski definition) is 1. The first-order valence-corrected chi connectivity index (χ1v) is 9.08. The van der Waals surface area contributed by atoms with Crippen LogP contribution in [0.4, 0.5) is 0 Å². The van der Waals surface area contributed by atoms with E-state index in [0.29, 0.717) is 12.1 Å². The molecule has 0 aliphatic carbocycles. The Morgan fingerprint density at radius 2 is 2.21 bits per heavy atom. The minimum Gasteiger partial charge on any atom is -0.468 e. The van der Waals surface area contributed by atoms with Gasteiger partial charge < -0.3 is 9.73 Å². The SMILES string of the molecule is O=C(NC[C@H](c1ccco1)N1CCCC1)c1ccc2ncsc2c1. The first-order chi connectivity index (χ1) is 11.8. The second-order valence-electron chi connectivity index (χ2n) is 6.02. The van der Waals surface area contributed by atoms with Gasteiger partial charge in [-0.15, -0.1) is 11.3 Å². The van der Waals surface area contributed by atoms with Crippen LogP contribution in [0.3, 0.4) is 0 Å². The van der Waals surface area contributed by atoms with Gasteiger partial charge in [0, 0.05) is 12.1 Å². The number of furan rings is 1. The maximum absolute atomic E-state index is 12.5. The number of amides is 1. The molecule has 1 saturated heterocycles. The molecule has 6 heteroatoms. The van der Waals surface area contributed by atoms with Crippen LogP contribution in [-0.2, 0) is 0 Å². The Bertz CT molecular complexity index is 822. The molecular formula is C18H19N3O2S. The van der Waals surface area contributed by atoms with E-state index < -0.39 is 0 Å². The fraction of sp³-hybridized carbons (Fsp3) is 0.333. The molecule has 1 aliphatic rings. The minimum absolute atomic E-state index is 0.0546. The maximum Gasteiger partial charge on any atom is 0.251 e. The number of aromatic nitrogens is 1. The van der Waals surface area contributed by atoms with Gasteiger partial charge in [-0.3, -0.25) is 9.69 Å². The van der Waals surface area contributed by atoms with Crippen LogP contribution in [0.1, 0.15) is 35.0 Å². The van der Waals surface area contributed by atoms with E-state index in [1.54, 1.807) is 23.1 Å². The number of carbonyl (C=O) groups is 1. The third-order valence-corrected chi connectivity index (χ3v) is 5.29. The van der Waals surface area contributed by atoms with E-state index in [1.807, 2.05) is 30.3 Å². The molecule has 3 heterocycles. The van der Waals surface area contributed by atoms with E-state index in [2.05, 4.69) is 15.2 Å². The Balaban J connectivity index is 1.47. The van der Waals surface area contributed by atoms with E-state index in [-0.39, 0.29) is 11.9 Å². The summed E-state index contributed by atoms with van der Waals surface area (Å²) in [4.78, 5) is 19.2. The van der Waals surface area contributed by atoms with E-state index in [4.69, 9.17) is 4.42 Å². The number of nitrogens with one attached hydrogen (secondary N) is 1. The molecule has 1 aliphatic heterocycles. The molecule has 0 spiro atoms. The van der Waals surface area contributed by atoms with Gasteiger partial charge >= 0.3 is 0 Å². The third kappa shape index (κ3) is 3.07. The molecule has 0 radical (unpaired) electrons.